The van der Waals surface area contributed by atoms with Crippen molar-refractivity contribution in [2.45, 2.75) is 19.9 Å². The number of nitrogens with zero attached hydrogens (tertiary/aromatic N) is 1. The Morgan fingerprint density at radius 2 is 1.85 bits per heavy atom. The standard InChI is InChI=1S/C16H18N2O2/c1-12-3-5-15(6-4-12)20-11-16(19)18-13(2)14-7-9-17-10-8-14/h3-10,13H,11H2,1-2H3,(H,18,19). The smallest absolute Gasteiger partial charge is 0.258 e. The number of ether oxygens (including phenoxy) is 1. The molecule has 104 valence electrons. The maximum atomic E-state index is 11.8. The number of aryl methyl sites for hydroxylation is 1. The van der Waals surface area contributed by atoms with Crippen LogP contribution in [0.1, 0.15) is 24.1 Å². The third-order valence-corrected chi connectivity index (χ3v) is 2.97. The van der Waals surface area contributed by atoms with Crippen LogP contribution in [0.15, 0.2) is 48.8 Å². The Bertz CT molecular complexity index is 552. The summed E-state index contributed by atoms with van der Waals surface area (Å²) >= 11 is 0. The Morgan fingerprint density at radius 1 is 1.20 bits per heavy atom. The molecule has 0 fully saturated rings. The van der Waals surface area contributed by atoms with Gasteiger partial charge in [0.25, 0.3) is 5.91 Å². The molecule has 2 rings (SSSR count). The molecule has 1 amide bonds. The summed E-state index contributed by atoms with van der Waals surface area (Å²) in [6.07, 6.45) is 3.42. The number of nitrogens with one attached hydrogen (secondary N) is 1. The average Bonchev–Trinajstić information content (AvgIpc) is 2.47. The van der Waals surface area contributed by atoms with Crippen molar-refractivity contribution in [2.75, 3.05) is 6.61 Å². The molecular formula is C16H18N2O2. The Kier molecular flexibility index (Phi) is 4.71. The highest BCUT2D eigenvalue weighted by molar-refractivity contribution is 5.78. The largest absolute Gasteiger partial charge is 0.484 e. The summed E-state index contributed by atoms with van der Waals surface area (Å²) < 4.78 is 5.44. The first-order valence-corrected chi connectivity index (χ1v) is 6.54. The van der Waals surface area contributed by atoms with Crippen LogP contribution in [0.25, 0.3) is 0 Å². The van der Waals surface area contributed by atoms with Gasteiger partial charge in [0.05, 0.1) is 6.04 Å². The summed E-state index contributed by atoms with van der Waals surface area (Å²) in [4.78, 5) is 15.8. The van der Waals surface area contributed by atoms with Crippen molar-refractivity contribution in [1.82, 2.24) is 10.3 Å². The van der Waals surface area contributed by atoms with Crippen molar-refractivity contribution in [2.24, 2.45) is 0 Å². The second kappa shape index (κ2) is 6.70. The minimum Gasteiger partial charge on any atom is -0.484 e. The van der Waals surface area contributed by atoms with E-state index in [1.165, 1.54) is 0 Å². The van der Waals surface area contributed by atoms with Gasteiger partial charge in [-0.2, -0.15) is 0 Å². The topological polar surface area (TPSA) is 51.2 Å². The fourth-order valence-electron chi connectivity index (χ4n) is 1.80. The molecule has 0 radical (unpaired) electrons. The van der Waals surface area contributed by atoms with Crippen molar-refractivity contribution < 1.29 is 9.53 Å². The summed E-state index contributed by atoms with van der Waals surface area (Å²) in [5, 5.41) is 2.89. The number of carbonyl (C=O) groups is 1. The number of benzene rings is 1. The zero-order valence-corrected chi connectivity index (χ0v) is 11.7. The van der Waals surface area contributed by atoms with Crippen molar-refractivity contribution in [3.8, 4) is 5.75 Å². The molecule has 0 aliphatic carbocycles. The van der Waals surface area contributed by atoms with Crippen LogP contribution < -0.4 is 10.1 Å². The maximum Gasteiger partial charge on any atom is 0.258 e. The van der Waals surface area contributed by atoms with Gasteiger partial charge in [-0.1, -0.05) is 17.7 Å². The van der Waals surface area contributed by atoms with Crippen molar-refractivity contribution in [3.63, 3.8) is 0 Å². The molecular weight excluding hydrogens is 252 g/mol. The lowest BCUT2D eigenvalue weighted by Crippen LogP contribution is -2.31. The van der Waals surface area contributed by atoms with E-state index >= 15 is 0 Å². The molecule has 4 heteroatoms. The third-order valence-electron chi connectivity index (χ3n) is 2.97. The second-order valence-corrected chi connectivity index (χ2v) is 4.67. The zero-order valence-electron chi connectivity index (χ0n) is 11.7. The van der Waals surface area contributed by atoms with Crippen LogP contribution in [0.4, 0.5) is 0 Å². The molecule has 2 aromatic rings. The fraction of sp³-hybridized carbons (Fsp3) is 0.250. The molecule has 0 saturated heterocycles. The van der Waals surface area contributed by atoms with Gasteiger partial charge in [-0.25, -0.2) is 0 Å². The van der Waals surface area contributed by atoms with Gasteiger partial charge in [0.15, 0.2) is 6.61 Å². The quantitative estimate of drug-likeness (QED) is 0.908. The number of amides is 1. The predicted molar refractivity (Wildman–Crippen MR) is 77.5 cm³/mol. The van der Waals surface area contributed by atoms with Gasteiger partial charge in [0.1, 0.15) is 5.75 Å². The first kappa shape index (κ1) is 14.1. The summed E-state index contributed by atoms with van der Waals surface area (Å²) in [6, 6.07) is 11.3. The molecule has 20 heavy (non-hydrogen) atoms. The zero-order chi connectivity index (χ0) is 14.4. The van der Waals surface area contributed by atoms with Crippen molar-refractivity contribution in [3.05, 3.63) is 59.9 Å². The van der Waals surface area contributed by atoms with Crippen LogP contribution in [0.2, 0.25) is 0 Å². The summed E-state index contributed by atoms with van der Waals surface area (Å²) in [5.74, 6) is 0.553. The van der Waals surface area contributed by atoms with Crippen LogP contribution in [0, 0.1) is 6.92 Å². The average molecular weight is 270 g/mol. The third kappa shape index (κ3) is 4.09. The number of carbonyl (C=O) groups excluding carboxylic acids is 1. The van der Waals surface area contributed by atoms with E-state index < -0.39 is 0 Å². The Morgan fingerprint density at radius 3 is 2.50 bits per heavy atom. The van der Waals surface area contributed by atoms with Crippen LogP contribution in [-0.2, 0) is 4.79 Å². The highest BCUT2D eigenvalue weighted by atomic mass is 16.5. The van der Waals surface area contributed by atoms with E-state index in [1.807, 2.05) is 50.2 Å². The van der Waals surface area contributed by atoms with Gasteiger partial charge in [-0.15, -0.1) is 0 Å². The molecule has 0 aliphatic heterocycles. The monoisotopic (exact) mass is 270 g/mol. The molecule has 0 aliphatic rings. The number of rotatable bonds is 5. The van der Waals surface area contributed by atoms with Gasteiger partial charge in [-0.05, 0) is 43.7 Å². The van der Waals surface area contributed by atoms with E-state index in [0.29, 0.717) is 5.75 Å². The van der Waals surface area contributed by atoms with Crippen LogP contribution in [-0.4, -0.2) is 17.5 Å². The van der Waals surface area contributed by atoms with Crippen LogP contribution >= 0.6 is 0 Å². The normalized spacial score (nSPS) is 11.7. The molecule has 1 unspecified atom stereocenters. The Balaban J connectivity index is 1.82. The molecule has 1 N–H and O–H groups in total. The van der Waals surface area contributed by atoms with E-state index in [2.05, 4.69) is 10.3 Å². The van der Waals surface area contributed by atoms with Gasteiger partial charge >= 0.3 is 0 Å². The SMILES string of the molecule is Cc1ccc(OCC(=O)NC(C)c2ccncc2)cc1. The van der Waals surface area contributed by atoms with Crippen LogP contribution in [0.5, 0.6) is 5.75 Å². The fourth-order valence-corrected chi connectivity index (χ4v) is 1.80. The second-order valence-electron chi connectivity index (χ2n) is 4.67. The first-order valence-electron chi connectivity index (χ1n) is 6.54. The summed E-state index contributed by atoms with van der Waals surface area (Å²) in [5.41, 5.74) is 2.18. The maximum absolute atomic E-state index is 11.8. The molecule has 1 atom stereocenters. The van der Waals surface area contributed by atoms with Crippen LogP contribution in [0.3, 0.4) is 0 Å². The first-order chi connectivity index (χ1) is 9.65. The van der Waals surface area contributed by atoms with E-state index in [-0.39, 0.29) is 18.6 Å². The minimum atomic E-state index is -0.144. The molecule has 4 nitrogen and oxygen atoms in total. The molecule has 1 heterocycles. The van der Waals surface area contributed by atoms with Gasteiger partial charge < -0.3 is 10.1 Å². The van der Waals surface area contributed by atoms with E-state index in [1.54, 1.807) is 12.4 Å². The lowest BCUT2D eigenvalue weighted by molar-refractivity contribution is -0.123. The Labute approximate surface area is 118 Å². The van der Waals surface area contributed by atoms with E-state index in [4.69, 9.17) is 4.74 Å². The number of pyridine rings is 1. The number of hydrogen-bond donors (Lipinski definition) is 1. The molecule has 0 saturated carbocycles. The highest BCUT2D eigenvalue weighted by Gasteiger charge is 2.09. The summed E-state index contributed by atoms with van der Waals surface area (Å²) in [6.45, 7) is 3.95. The number of hydrogen-bond acceptors (Lipinski definition) is 3. The highest BCUT2D eigenvalue weighted by Crippen LogP contribution is 2.12. The van der Waals surface area contributed by atoms with Gasteiger partial charge in [0, 0.05) is 12.4 Å². The minimum absolute atomic E-state index is 0.0124. The molecule has 0 spiro atoms. The predicted octanol–water partition coefficient (Wildman–Crippen LogP) is 2.65. The van der Waals surface area contributed by atoms with Crippen molar-refractivity contribution >= 4 is 5.91 Å². The van der Waals surface area contributed by atoms with E-state index in [0.717, 1.165) is 11.1 Å². The van der Waals surface area contributed by atoms with Gasteiger partial charge in [0.2, 0.25) is 0 Å². The lowest BCUT2D eigenvalue weighted by Gasteiger charge is -2.14. The Hall–Kier alpha value is -2.36. The van der Waals surface area contributed by atoms with Crippen molar-refractivity contribution in [1.29, 1.82) is 0 Å². The number of aromatic nitrogens is 1. The van der Waals surface area contributed by atoms with E-state index in [9.17, 15) is 4.79 Å². The van der Waals surface area contributed by atoms with Gasteiger partial charge in [-0.3, -0.25) is 9.78 Å². The summed E-state index contributed by atoms with van der Waals surface area (Å²) in [7, 11) is 0. The molecule has 0 bridgehead atoms. The molecule has 1 aromatic carbocycles. The lowest BCUT2D eigenvalue weighted by atomic mass is 10.1. The molecule has 1 aromatic heterocycles.